The number of halogens is 1. The van der Waals surface area contributed by atoms with Crippen molar-refractivity contribution < 1.29 is 4.74 Å². The lowest BCUT2D eigenvalue weighted by molar-refractivity contribution is 0.400. The maximum atomic E-state index is 12.0. The molecule has 96 valence electrons. The molecule has 0 atom stereocenters. The number of aryl methyl sites for hydroxylation is 1. The monoisotopic (exact) mass is 269 g/mol. The fraction of sp³-hybridized carbons (Fsp3) is 0.400. The molecule has 0 bridgehead atoms. The highest BCUT2D eigenvalue weighted by Crippen LogP contribution is 2.15. The van der Waals surface area contributed by atoms with E-state index in [2.05, 4.69) is 15.2 Å². The van der Waals surface area contributed by atoms with E-state index in [9.17, 15) is 4.79 Å². The normalized spacial score (nSPS) is 10.7. The molecule has 0 radical (unpaired) electrons. The van der Waals surface area contributed by atoms with E-state index >= 15 is 0 Å². The zero-order valence-electron chi connectivity index (χ0n) is 10.2. The van der Waals surface area contributed by atoms with Crippen molar-refractivity contribution in [3.05, 3.63) is 33.5 Å². The van der Waals surface area contributed by atoms with Gasteiger partial charge in [0.15, 0.2) is 11.0 Å². The van der Waals surface area contributed by atoms with E-state index in [0.29, 0.717) is 5.82 Å². The lowest BCUT2D eigenvalue weighted by Gasteiger charge is -2.07. The largest absolute Gasteiger partial charge is 0.489 e. The Balaban J connectivity index is 2.42. The molecule has 8 heteroatoms. The van der Waals surface area contributed by atoms with Gasteiger partial charge in [0.1, 0.15) is 5.82 Å². The van der Waals surface area contributed by atoms with Crippen molar-refractivity contribution in [2.75, 3.05) is 7.11 Å². The summed E-state index contributed by atoms with van der Waals surface area (Å²) in [5.41, 5.74) is -0.349. The third kappa shape index (κ3) is 2.08. The molecule has 0 saturated heterocycles. The molecule has 2 rings (SSSR count). The molecule has 0 fully saturated rings. The van der Waals surface area contributed by atoms with Crippen molar-refractivity contribution in [1.29, 1.82) is 0 Å². The molecular weight excluding hydrogens is 258 g/mol. The first-order valence-electron chi connectivity index (χ1n) is 5.18. The quantitative estimate of drug-likeness (QED) is 0.754. The maximum Gasteiger partial charge on any atom is 0.297 e. The van der Waals surface area contributed by atoms with Crippen molar-refractivity contribution in [1.82, 2.24) is 24.3 Å². The second-order valence-corrected chi connectivity index (χ2v) is 4.08. The molecule has 0 aliphatic rings. The summed E-state index contributed by atoms with van der Waals surface area (Å²) in [6.45, 7) is 2.09. The summed E-state index contributed by atoms with van der Waals surface area (Å²) in [5.74, 6) is 1.45. The molecule has 7 nitrogen and oxygen atoms in total. The Labute approximate surface area is 108 Å². The number of hydrogen-bond acceptors (Lipinski definition) is 5. The first kappa shape index (κ1) is 12.6. The van der Waals surface area contributed by atoms with Crippen LogP contribution in [0, 0.1) is 6.92 Å². The van der Waals surface area contributed by atoms with Crippen LogP contribution < -0.4 is 10.3 Å². The topological polar surface area (TPSA) is 74.8 Å². The Morgan fingerprint density at radius 3 is 2.72 bits per heavy atom. The zero-order chi connectivity index (χ0) is 13.3. The first-order valence-corrected chi connectivity index (χ1v) is 5.56. The van der Waals surface area contributed by atoms with Gasteiger partial charge in [-0.25, -0.2) is 4.98 Å². The molecule has 0 unspecified atom stereocenters. The van der Waals surface area contributed by atoms with E-state index in [1.807, 2.05) is 14.0 Å². The Hall–Kier alpha value is -1.89. The predicted molar refractivity (Wildman–Crippen MR) is 64.9 cm³/mol. The van der Waals surface area contributed by atoms with Crippen molar-refractivity contribution in [2.24, 2.45) is 7.05 Å². The van der Waals surface area contributed by atoms with Crippen LogP contribution in [0.2, 0.25) is 5.15 Å². The number of nitrogens with zero attached hydrogens (tertiary/aromatic N) is 5. The molecular formula is C10H12ClN5O2. The molecule has 2 aromatic rings. The molecule has 0 amide bonds. The summed E-state index contributed by atoms with van der Waals surface area (Å²) >= 11 is 5.76. The highest BCUT2D eigenvalue weighted by atomic mass is 35.5. The summed E-state index contributed by atoms with van der Waals surface area (Å²) < 4.78 is 8.09. The van der Waals surface area contributed by atoms with Crippen LogP contribution in [-0.2, 0) is 13.6 Å². The lowest BCUT2D eigenvalue weighted by Crippen LogP contribution is -2.24. The van der Waals surface area contributed by atoms with Gasteiger partial charge in [-0.05, 0) is 6.92 Å². The highest BCUT2D eigenvalue weighted by molar-refractivity contribution is 6.30. The van der Waals surface area contributed by atoms with Crippen LogP contribution >= 0.6 is 11.6 Å². The Morgan fingerprint density at radius 2 is 2.17 bits per heavy atom. The Morgan fingerprint density at radius 1 is 1.44 bits per heavy atom. The standard InChI is InChI=1S/C10H12ClN5O2/c1-6-13-14-7(15(6)2)4-16-5-12-9(11)8(18-3)10(16)17/h5H,4H2,1-3H3. The fourth-order valence-electron chi connectivity index (χ4n) is 1.48. The molecule has 0 saturated carbocycles. The van der Waals surface area contributed by atoms with Crippen LogP contribution in [0.15, 0.2) is 11.1 Å². The van der Waals surface area contributed by atoms with Gasteiger partial charge in [-0.1, -0.05) is 11.6 Å². The van der Waals surface area contributed by atoms with Gasteiger partial charge in [0.05, 0.1) is 20.0 Å². The summed E-state index contributed by atoms with van der Waals surface area (Å²) in [7, 11) is 3.21. The van der Waals surface area contributed by atoms with E-state index in [0.717, 1.165) is 5.82 Å². The third-order valence-electron chi connectivity index (χ3n) is 2.65. The van der Waals surface area contributed by atoms with Gasteiger partial charge < -0.3 is 9.30 Å². The van der Waals surface area contributed by atoms with Crippen LogP contribution in [0.1, 0.15) is 11.6 Å². The number of hydrogen-bond donors (Lipinski definition) is 0. The summed E-state index contributed by atoms with van der Waals surface area (Å²) in [6.07, 6.45) is 1.36. The van der Waals surface area contributed by atoms with E-state index < -0.39 is 0 Å². The molecule has 0 aromatic carbocycles. The molecule has 18 heavy (non-hydrogen) atoms. The van der Waals surface area contributed by atoms with Crippen molar-refractivity contribution in [2.45, 2.75) is 13.5 Å². The average Bonchev–Trinajstić information content (AvgIpc) is 2.65. The van der Waals surface area contributed by atoms with Gasteiger partial charge >= 0.3 is 0 Å². The average molecular weight is 270 g/mol. The molecule has 2 heterocycles. The lowest BCUT2D eigenvalue weighted by atomic mass is 10.5. The van der Waals surface area contributed by atoms with Gasteiger partial charge in [-0.2, -0.15) is 0 Å². The zero-order valence-corrected chi connectivity index (χ0v) is 11.0. The van der Waals surface area contributed by atoms with Crippen molar-refractivity contribution in [3.63, 3.8) is 0 Å². The van der Waals surface area contributed by atoms with Gasteiger partial charge in [-0.15, -0.1) is 10.2 Å². The third-order valence-corrected chi connectivity index (χ3v) is 2.92. The Bertz CT molecular complexity index is 634. The van der Waals surface area contributed by atoms with E-state index in [-0.39, 0.29) is 23.0 Å². The second-order valence-electron chi connectivity index (χ2n) is 3.72. The fourth-order valence-corrected chi connectivity index (χ4v) is 1.68. The number of ether oxygens (including phenoxy) is 1. The van der Waals surface area contributed by atoms with Crippen LogP contribution in [-0.4, -0.2) is 31.4 Å². The van der Waals surface area contributed by atoms with Gasteiger partial charge in [0.25, 0.3) is 5.56 Å². The Kier molecular flexibility index (Phi) is 3.33. The summed E-state index contributed by atoms with van der Waals surface area (Å²) in [6, 6.07) is 0. The predicted octanol–water partition coefficient (Wildman–Crippen LogP) is 0.391. The minimum Gasteiger partial charge on any atom is -0.489 e. The SMILES string of the molecule is COc1c(Cl)ncn(Cc2nnc(C)n2C)c1=O. The maximum absolute atomic E-state index is 12.0. The van der Waals surface area contributed by atoms with Gasteiger partial charge in [0.2, 0.25) is 5.75 Å². The molecule has 0 spiro atoms. The highest BCUT2D eigenvalue weighted by Gasteiger charge is 2.12. The van der Waals surface area contributed by atoms with Crippen LogP contribution in [0.25, 0.3) is 0 Å². The van der Waals surface area contributed by atoms with E-state index in [1.165, 1.54) is 18.0 Å². The van der Waals surface area contributed by atoms with Crippen molar-refractivity contribution >= 4 is 11.6 Å². The smallest absolute Gasteiger partial charge is 0.297 e. The van der Waals surface area contributed by atoms with Crippen LogP contribution in [0.3, 0.4) is 0 Å². The van der Waals surface area contributed by atoms with Gasteiger partial charge in [0, 0.05) is 7.05 Å². The minimum atomic E-state index is -0.349. The molecule has 0 aliphatic heterocycles. The number of rotatable bonds is 3. The van der Waals surface area contributed by atoms with E-state index in [4.69, 9.17) is 16.3 Å². The van der Waals surface area contributed by atoms with Crippen LogP contribution in [0.5, 0.6) is 5.75 Å². The van der Waals surface area contributed by atoms with Crippen molar-refractivity contribution in [3.8, 4) is 5.75 Å². The summed E-state index contributed by atoms with van der Waals surface area (Å²) in [5, 5.41) is 7.95. The number of methoxy groups -OCH3 is 1. The summed E-state index contributed by atoms with van der Waals surface area (Å²) in [4.78, 5) is 15.9. The van der Waals surface area contributed by atoms with E-state index in [1.54, 1.807) is 4.57 Å². The second kappa shape index (κ2) is 4.77. The molecule has 0 N–H and O–H groups in total. The van der Waals surface area contributed by atoms with Gasteiger partial charge in [-0.3, -0.25) is 9.36 Å². The van der Waals surface area contributed by atoms with Crippen LogP contribution in [0.4, 0.5) is 0 Å². The minimum absolute atomic E-state index is 0.0260. The first-order chi connectivity index (χ1) is 8.54. The molecule has 2 aromatic heterocycles. The molecule has 0 aliphatic carbocycles. The number of aromatic nitrogens is 5.